The Morgan fingerprint density at radius 1 is 1.35 bits per heavy atom. The van der Waals surface area contributed by atoms with Gasteiger partial charge in [0.2, 0.25) is 0 Å². The van der Waals surface area contributed by atoms with Gasteiger partial charge in [0.15, 0.2) is 5.65 Å². The van der Waals surface area contributed by atoms with E-state index in [0.29, 0.717) is 12.4 Å². The van der Waals surface area contributed by atoms with Crippen LogP contribution in [0.5, 0.6) is 0 Å². The molecule has 0 atom stereocenters. The van der Waals surface area contributed by atoms with Crippen molar-refractivity contribution in [2.45, 2.75) is 12.4 Å². The minimum atomic E-state index is 0.369. The summed E-state index contributed by atoms with van der Waals surface area (Å²) >= 11 is 5.91. The highest BCUT2D eigenvalue weighted by molar-refractivity contribution is 6.16. The lowest BCUT2D eigenvalue weighted by molar-refractivity contribution is 0.562. The quantitative estimate of drug-likeness (QED) is 0.669. The van der Waals surface area contributed by atoms with E-state index >= 15 is 0 Å². The third kappa shape index (κ3) is 1.80. The van der Waals surface area contributed by atoms with E-state index < -0.39 is 0 Å². The maximum absolute atomic E-state index is 5.91. The Bertz CT molecular complexity index is 630. The van der Waals surface area contributed by atoms with Crippen molar-refractivity contribution in [2.24, 2.45) is 0 Å². The topological polar surface area (TPSA) is 43.9 Å². The number of nitrogens with zero attached hydrogens (tertiary/aromatic N) is 3. The van der Waals surface area contributed by atoms with Crippen LogP contribution in [0, 0.1) is 0 Å². The molecule has 0 N–H and O–H groups in total. The van der Waals surface area contributed by atoms with Crippen molar-refractivity contribution in [1.29, 1.82) is 0 Å². The van der Waals surface area contributed by atoms with Crippen molar-refractivity contribution in [3.63, 3.8) is 0 Å². The summed E-state index contributed by atoms with van der Waals surface area (Å²) in [5.74, 6) is 1.19. The van der Waals surface area contributed by atoms with Crippen LogP contribution in [0.1, 0.15) is 11.4 Å². The van der Waals surface area contributed by atoms with Gasteiger partial charge in [-0.15, -0.1) is 11.6 Å². The number of hydrogen-bond donors (Lipinski definition) is 0. The fourth-order valence-corrected chi connectivity index (χ4v) is 2.04. The summed E-state index contributed by atoms with van der Waals surface area (Å²) < 4.78 is 7.07. The van der Waals surface area contributed by atoms with Gasteiger partial charge in [0.05, 0.1) is 25.0 Å². The van der Waals surface area contributed by atoms with Crippen LogP contribution in [0.2, 0.25) is 0 Å². The number of fused-ring (bicyclic) bond motifs is 1. The van der Waals surface area contributed by atoms with Gasteiger partial charge >= 0.3 is 0 Å². The summed E-state index contributed by atoms with van der Waals surface area (Å²) in [6.45, 7) is 0.673. The molecular formula is C12H10ClN3O. The van der Waals surface area contributed by atoms with Crippen molar-refractivity contribution in [1.82, 2.24) is 14.5 Å². The molecule has 0 bridgehead atoms. The number of furan rings is 1. The van der Waals surface area contributed by atoms with Crippen LogP contribution in [-0.4, -0.2) is 14.5 Å². The second-order valence-corrected chi connectivity index (χ2v) is 3.99. The number of rotatable bonds is 3. The average Bonchev–Trinajstić information content (AvgIpc) is 2.98. The molecule has 0 saturated heterocycles. The number of hydrogen-bond acceptors (Lipinski definition) is 3. The van der Waals surface area contributed by atoms with Crippen LogP contribution >= 0.6 is 11.6 Å². The molecule has 0 amide bonds. The van der Waals surface area contributed by atoms with Gasteiger partial charge in [-0.25, -0.2) is 9.97 Å². The monoisotopic (exact) mass is 247 g/mol. The smallest absolute Gasteiger partial charge is 0.160 e. The van der Waals surface area contributed by atoms with E-state index in [0.717, 1.165) is 22.6 Å². The molecule has 0 fully saturated rings. The van der Waals surface area contributed by atoms with Gasteiger partial charge in [-0.3, -0.25) is 0 Å². The first-order valence-electron chi connectivity index (χ1n) is 5.25. The van der Waals surface area contributed by atoms with Gasteiger partial charge in [-0.2, -0.15) is 0 Å². The zero-order chi connectivity index (χ0) is 11.7. The number of halogens is 1. The molecule has 0 saturated carbocycles. The zero-order valence-electron chi connectivity index (χ0n) is 9.01. The van der Waals surface area contributed by atoms with Crippen LogP contribution in [0.3, 0.4) is 0 Å². The summed E-state index contributed by atoms with van der Waals surface area (Å²) in [7, 11) is 0. The van der Waals surface area contributed by atoms with Crippen LogP contribution in [0.25, 0.3) is 11.2 Å². The molecule has 3 aromatic rings. The minimum absolute atomic E-state index is 0.369. The Morgan fingerprint density at radius 3 is 3.06 bits per heavy atom. The lowest BCUT2D eigenvalue weighted by Gasteiger charge is -2.04. The fraction of sp³-hybridized carbons (Fsp3) is 0.167. The minimum Gasteiger partial charge on any atom is -0.472 e. The molecule has 3 rings (SSSR count). The molecule has 0 aliphatic carbocycles. The average molecular weight is 248 g/mol. The molecule has 0 aliphatic rings. The third-order valence-electron chi connectivity index (χ3n) is 2.62. The van der Waals surface area contributed by atoms with Crippen LogP contribution in [-0.2, 0) is 12.4 Å². The van der Waals surface area contributed by atoms with Crippen molar-refractivity contribution >= 4 is 22.8 Å². The largest absolute Gasteiger partial charge is 0.472 e. The van der Waals surface area contributed by atoms with E-state index in [2.05, 4.69) is 9.97 Å². The van der Waals surface area contributed by atoms with Crippen LogP contribution in [0.4, 0.5) is 0 Å². The van der Waals surface area contributed by atoms with Crippen molar-refractivity contribution in [3.8, 4) is 0 Å². The SMILES string of the molecule is ClCc1nc2cccnc2n1Cc1ccoc1. The van der Waals surface area contributed by atoms with Gasteiger partial charge in [-0.1, -0.05) is 0 Å². The zero-order valence-corrected chi connectivity index (χ0v) is 9.76. The molecule has 3 aromatic heterocycles. The summed E-state index contributed by atoms with van der Waals surface area (Å²) in [4.78, 5) is 8.79. The number of aromatic nitrogens is 3. The fourth-order valence-electron chi connectivity index (χ4n) is 1.84. The molecule has 86 valence electrons. The normalized spacial score (nSPS) is 11.1. The first-order chi connectivity index (χ1) is 8.38. The maximum atomic E-state index is 5.91. The van der Waals surface area contributed by atoms with E-state index in [9.17, 15) is 0 Å². The van der Waals surface area contributed by atoms with Gasteiger partial charge in [0.25, 0.3) is 0 Å². The second-order valence-electron chi connectivity index (χ2n) is 3.73. The Hall–Kier alpha value is -1.81. The van der Waals surface area contributed by atoms with E-state index in [1.807, 2.05) is 22.8 Å². The molecule has 0 spiro atoms. The summed E-state index contributed by atoms with van der Waals surface area (Å²) in [6, 6.07) is 5.73. The molecule has 0 aromatic carbocycles. The van der Waals surface area contributed by atoms with E-state index in [-0.39, 0.29) is 0 Å². The Labute approximate surface area is 103 Å². The van der Waals surface area contributed by atoms with Gasteiger partial charge in [-0.05, 0) is 18.2 Å². The van der Waals surface area contributed by atoms with Crippen molar-refractivity contribution in [2.75, 3.05) is 0 Å². The summed E-state index contributed by atoms with van der Waals surface area (Å²) in [5, 5.41) is 0. The number of alkyl halides is 1. The Balaban J connectivity index is 2.12. The standard InChI is InChI=1S/C12H10ClN3O/c13-6-11-15-10-2-1-4-14-12(10)16(11)7-9-3-5-17-8-9/h1-5,8H,6-7H2. The first kappa shape index (κ1) is 10.4. The van der Waals surface area contributed by atoms with Gasteiger partial charge < -0.3 is 8.98 Å². The van der Waals surface area contributed by atoms with Gasteiger partial charge in [0, 0.05) is 11.8 Å². The predicted octanol–water partition coefficient (Wildman–Crippen LogP) is 2.81. The van der Waals surface area contributed by atoms with E-state index in [4.69, 9.17) is 16.0 Å². The molecule has 0 aliphatic heterocycles. The molecular weight excluding hydrogens is 238 g/mol. The first-order valence-corrected chi connectivity index (χ1v) is 5.79. The molecule has 5 heteroatoms. The van der Waals surface area contributed by atoms with Gasteiger partial charge in [0.1, 0.15) is 11.3 Å². The highest BCUT2D eigenvalue weighted by Crippen LogP contribution is 2.17. The summed E-state index contributed by atoms with van der Waals surface area (Å²) in [5.41, 5.74) is 2.79. The molecule has 3 heterocycles. The van der Waals surface area contributed by atoms with Crippen molar-refractivity contribution in [3.05, 3.63) is 48.3 Å². The lowest BCUT2D eigenvalue weighted by atomic mass is 10.3. The number of imidazole rings is 1. The maximum Gasteiger partial charge on any atom is 0.160 e. The summed E-state index contributed by atoms with van der Waals surface area (Å²) in [6.07, 6.45) is 5.13. The van der Waals surface area contributed by atoms with Crippen LogP contribution in [0.15, 0.2) is 41.3 Å². The van der Waals surface area contributed by atoms with Crippen LogP contribution < -0.4 is 0 Å². The lowest BCUT2D eigenvalue weighted by Crippen LogP contribution is -2.03. The molecule has 0 radical (unpaired) electrons. The molecule has 0 unspecified atom stereocenters. The highest BCUT2D eigenvalue weighted by atomic mass is 35.5. The third-order valence-corrected chi connectivity index (χ3v) is 2.86. The van der Waals surface area contributed by atoms with E-state index in [1.54, 1.807) is 18.7 Å². The Morgan fingerprint density at radius 2 is 2.29 bits per heavy atom. The predicted molar refractivity (Wildman–Crippen MR) is 64.9 cm³/mol. The van der Waals surface area contributed by atoms with Crippen molar-refractivity contribution < 1.29 is 4.42 Å². The second kappa shape index (κ2) is 4.22. The van der Waals surface area contributed by atoms with E-state index in [1.165, 1.54) is 0 Å². The molecule has 17 heavy (non-hydrogen) atoms. The number of pyridine rings is 1. The molecule has 4 nitrogen and oxygen atoms in total. The Kier molecular flexibility index (Phi) is 2.57. The highest BCUT2D eigenvalue weighted by Gasteiger charge is 2.11.